The maximum atomic E-state index is 5.78. The molecular formula is C12H12N2. The molecule has 0 amide bonds. The Balaban J connectivity index is 2.70. The zero-order valence-electron chi connectivity index (χ0n) is 7.85. The van der Waals surface area contributed by atoms with Crippen LogP contribution < -0.4 is 10.9 Å². The van der Waals surface area contributed by atoms with E-state index >= 15 is 0 Å². The number of nitrogens with zero attached hydrogens (tertiary/aromatic N) is 1. The largest absolute Gasteiger partial charge is 0.287 e. The molecule has 2 heteroatoms. The number of hydrogen-bond donors (Lipinski definition) is 1. The van der Waals surface area contributed by atoms with Gasteiger partial charge in [0.25, 0.3) is 0 Å². The normalized spacial score (nSPS) is 10.1. The number of nitrogens with two attached hydrogens (primary N) is 1. The van der Waals surface area contributed by atoms with Crippen molar-refractivity contribution in [3.63, 3.8) is 0 Å². The Labute approximate surface area is 83.2 Å². The Bertz CT molecular complexity index is 457. The molecule has 0 unspecified atom stereocenters. The van der Waals surface area contributed by atoms with E-state index in [1.807, 2.05) is 30.3 Å². The lowest BCUT2D eigenvalue weighted by Crippen LogP contribution is -2.23. The van der Waals surface area contributed by atoms with Gasteiger partial charge in [0.05, 0.1) is 5.69 Å². The molecule has 2 nitrogen and oxygen atoms in total. The van der Waals surface area contributed by atoms with Gasteiger partial charge in [-0.05, 0) is 11.5 Å². The topological polar surface area (TPSA) is 29.3 Å². The molecule has 2 N–H and O–H groups in total. The third-order valence-electron chi connectivity index (χ3n) is 2.24. The SMILES string of the molecule is C=CN(N)c1cccc2ccccc12. The molecule has 0 bridgehead atoms. The van der Waals surface area contributed by atoms with Crippen molar-refractivity contribution in [2.75, 3.05) is 5.01 Å². The van der Waals surface area contributed by atoms with Crippen LogP contribution in [0.25, 0.3) is 10.8 Å². The third kappa shape index (κ3) is 1.36. The van der Waals surface area contributed by atoms with Crippen molar-refractivity contribution in [3.8, 4) is 0 Å². The monoisotopic (exact) mass is 184 g/mol. The van der Waals surface area contributed by atoms with Gasteiger partial charge in [-0.1, -0.05) is 43.0 Å². The zero-order valence-corrected chi connectivity index (χ0v) is 7.85. The maximum absolute atomic E-state index is 5.78. The lowest BCUT2D eigenvalue weighted by Gasteiger charge is -2.15. The summed E-state index contributed by atoms with van der Waals surface area (Å²) in [6, 6.07) is 14.2. The van der Waals surface area contributed by atoms with Crippen LogP contribution in [0.3, 0.4) is 0 Å². The van der Waals surface area contributed by atoms with Crippen LogP contribution in [0.5, 0.6) is 0 Å². The highest BCUT2D eigenvalue weighted by atomic mass is 15.4. The quantitative estimate of drug-likeness (QED) is 0.574. The summed E-state index contributed by atoms with van der Waals surface area (Å²) in [5.41, 5.74) is 0.970. The van der Waals surface area contributed by atoms with Crippen LogP contribution in [0.2, 0.25) is 0 Å². The van der Waals surface area contributed by atoms with Crippen LogP contribution in [0.4, 0.5) is 5.69 Å². The summed E-state index contributed by atoms with van der Waals surface area (Å²) in [6.45, 7) is 3.64. The van der Waals surface area contributed by atoms with Crippen LogP contribution in [0, 0.1) is 0 Å². The molecule has 0 aliphatic heterocycles. The van der Waals surface area contributed by atoms with Gasteiger partial charge in [-0.3, -0.25) is 5.01 Å². The van der Waals surface area contributed by atoms with E-state index in [0.717, 1.165) is 11.1 Å². The average Bonchev–Trinajstić information content (AvgIpc) is 2.27. The molecule has 0 saturated carbocycles. The molecule has 0 aromatic heterocycles. The molecular weight excluding hydrogens is 172 g/mol. The highest BCUT2D eigenvalue weighted by Gasteiger charge is 2.01. The molecule has 2 aromatic carbocycles. The second-order valence-corrected chi connectivity index (χ2v) is 3.09. The Morgan fingerprint density at radius 2 is 1.79 bits per heavy atom. The minimum atomic E-state index is 0.970. The van der Waals surface area contributed by atoms with Crippen LogP contribution >= 0.6 is 0 Å². The first-order valence-electron chi connectivity index (χ1n) is 4.47. The molecule has 14 heavy (non-hydrogen) atoms. The summed E-state index contributed by atoms with van der Waals surface area (Å²) >= 11 is 0. The van der Waals surface area contributed by atoms with Crippen LogP contribution in [0.15, 0.2) is 55.2 Å². The van der Waals surface area contributed by atoms with Crippen molar-refractivity contribution in [1.29, 1.82) is 0 Å². The fourth-order valence-corrected chi connectivity index (χ4v) is 1.53. The number of rotatable bonds is 2. The van der Waals surface area contributed by atoms with Crippen LogP contribution in [0.1, 0.15) is 0 Å². The van der Waals surface area contributed by atoms with Gasteiger partial charge in [0.2, 0.25) is 0 Å². The smallest absolute Gasteiger partial charge is 0.0646 e. The summed E-state index contributed by atoms with van der Waals surface area (Å²) in [7, 11) is 0. The minimum Gasteiger partial charge on any atom is -0.287 e. The van der Waals surface area contributed by atoms with E-state index in [0.29, 0.717) is 0 Å². The standard InChI is InChI=1S/C12H12N2/c1-2-14(13)12-9-5-7-10-6-3-4-8-11(10)12/h2-9H,1,13H2. The summed E-state index contributed by atoms with van der Waals surface area (Å²) in [4.78, 5) is 0. The molecule has 0 radical (unpaired) electrons. The van der Waals surface area contributed by atoms with Gasteiger partial charge in [0.15, 0.2) is 0 Å². The van der Waals surface area contributed by atoms with Crippen molar-refractivity contribution in [1.82, 2.24) is 0 Å². The molecule has 0 spiro atoms. The summed E-state index contributed by atoms with van der Waals surface area (Å²) < 4.78 is 0. The maximum Gasteiger partial charge on any atom is 0.0646 e. The lowest BCUT2D eigenvalue weighted by molar-refractivity contribution is 1.09. The van der Waals surface area contributed by atoms with E-state index < -0.39 is 0 Å². The van der Waals surface area contributed by atoms with Crippen molar-refractivity contribution in [3.05, 3.63) is 55.2 Å². The number of hydrogen-bond acceptors (Lipinski definition) is 2. The molecule has 0 saturated heterocycles. The first kappa shape index (κ1) is 8.78. The second kappa shape index (κ2) is 3.52. The van der Waals surface area contributed by atoms with E-state index in [1.165, 1.54) is 10.4 Å². The van der Waals surface area contributed by atoms with E-state index in [1.54, 1.807) is 6.20 Å². The molecule has 2 aromatic rings. The Morgan fingerprint density at radius 3 is 2.57 bits per heavy atom. The molecule has 0 atom stereocenters. The summed E-state index contributed by atoms with van der Waals surface area (Å²) in [5, 5.41) is 3.85. The molecule has 0 aliphatic carbocycles. The molecule has 70 valence electrons. The molecule has 2 rings (SSSR count). The number of hydrazine groups is 1. The first-order valence-corrected chi connectivity index (χ1v) is 4.47. The highest BCUT2D eigenvalue weighted by Crippen LogP contribution is 2.24. The number of benzene rings is 2. The Hall–Kier alpha value is -1.80. The molecule has 0 fully saturated rings. The second-order valence-electron chi connectivity index (χ2n) is 3.09. The lowest BCUT2D eigenvalue weighted by atomic mass is 10.1. The van der Waals surface area contributed by atoms with Gasteiger partial charge in [0, 0.05) is 11.6 Å². The number of anilines is 1. The molecule has 0 aliphatic rings. The fraction of sp³-hybridized carbons (Fsp3) is 0. The zero-order chi connectivity index (χ0) is 9.97. The van der Waals surface area contributed by atoms with Crippen molar-refractivity contribution >= 4 is 16.5 Å². The van der Waals surface area contributed by atoms with Gasteiger partial charge in [0.1, 0.15) is 0 Å². The van der Waals surface area contributed by atoms with Crippen molar-refractivity contribution in [2.24, 2.45) is 5.84 Å². The van der Waals surface area contributed by atoms with Gasteiger partial charge in [-0.2, -0.15) is 0 Å². The van der Waals surface area contributed by atoms with Crippen LogP contribution in [-0.4, -0.2) is 0 Å². The van der Waals surface area contributed by atoms with E-state index in [2.05, 4.69) is 18.7 Å². The predicted octanol–water partition coefficient (Wildman–Crippen LogP) is 2.66. The number of fused-ring (bicyclic) bond motifs is 1. The van der Waals surface area contributed by atoms with E-state index in [4.69, 9.17) is 5.84 Å². The average molecular weight is 184 g/mol. The third-order valence-corrected chi connectivity index (χ3v) is 2.24. The van der Waals surface area contributed by atoms with Gasteiger partial charge >= 0.3 is 0 Å². The molecule has 0 heterocycles. The predicted molar refractivity (Wildman–Crippen MR) is 60.8 cm³/mol. The van der Waals surface area contributed by atoms with Crippen molar-refractivity contribution in [2.45, 2.75) is 0 Å². The van der Waals surface area contributed by atoms with E-state index in [-0.39, 0.29) is 0 Å². The first-order chi connectivity index (χ1) is 6.83. The minimum absolute atomic E-state index is 0.970. The fourth-order valence-electron chi connectivity index (χ4n) is 1.53. The van der Waals surface area contributed by atoms with Crippen molar-refractivity contribution < 1.29 is 0 Å². The van der Waals surface area contributed by atoms with Gasteiger partial charge in [-0.25, -0.2) is 5.84 Å². The Morgan fingerprint density at radius 1 is 1.07 bits per heavy atom. The van der Waals surface area contributed by atoms with E-state index in [9.17, 15) is 0 Å². The summed E-state index contributed by atoms with van der Waals surface area (Å²) in [5.74, 6) is 5.78. The Kier molecular flexibility index (Phi) is 2.21. The van der Waals surface area contributed by atoms with Gasteiger partial charge in [-0.15, -0.1) is 0 Å². The highest BCUT2D eigenvalue weighted by molar-refractivity contribution is 5.94. The van der Waals surface area contributed by atoms with Crippen LogP contribution in [-0.2, 0) is 0 Å². The summed E-state index contributed by atoms with van der Waals surface area (Å²) in [6.07, 6.45) is 1.60. The van der Waals surface area contributed by atoms with Gasteiger partial charge < -0.3 is 0 Å².